The van der Waals surface area contributed by atoms with Gasteiger partial charge in [-0.15, -0.1) is 0 Å². The molecule has 0 radical (unpaired) electrons. The van der Waals surface area contributed by atoms with Gasteiger partial charge in [0.25, 0.3) is 0 Å². The minimum atomic E-state index is -3.00. The molecule has 8 heteroatoms. The maximum Gasteiger partial charge on any atom is 0.315 e. The summed E-state index contributed by atoms with van der Waals surface area (Å²) in [6, 6.07) is 4.41. The Morgan fingerprint density at radius 1 is 1.48 bits per heavy atom. The van der Waals surface area contributed by atoms with Gasteiger partial charge in [-0.25, -0.2) is 13.2 Å². The molecular formula is C13H17ClN2O4S. The van der Waals surface area contributed by atoms with Crippen molar-refractivity contribution >= 4 is 27.5 Å². The van der Waals surface area contributed by atoms with Gasteiger partial charge >= 0.3 is 6.03 Å². The van der Waals surface area contributed by atoms with Crippen molar-refractivity contribution in [2.24, 2.45) is 0 Å². The number of ether oxygens (including phenoxy) is 1. The Balaban J connectivity index is 1.88. The van der Waals surface area contributed by atoms with Crippen LogP contribution in [0.4, 0.5) is 4.79 Å². The van der Waals surface area contributed by atoms with E-state index in [1.807, 2.05) is 0 Å². The third-order valence-corrected chi connectivity index (χ3v) is 5.25. The Kier molecular flexibility index (Phi) is 4.95. The van der Waals surface area contributed by atoms with Crippen LogP contribution in [0.25, 0.3) is 0 Å². The fourth-order valence-corrected chi connectivity index (χ4v) is 4.07. The third kappa shape index (κ3) is 4.50. The fourth-order valence-electron chi connectivity index (χ4n) is 2.21. The average molecular weight is 333 g/mol. The van der Waals surface area contributed by atoms with E-state index >= 15 is 0 Å². The van der Waals surface area contributed by atoms with Crippen LogP contribution >= 0.6 is 11.6 Å². The molecule has 0 aliphatic carbocycles. The van der Waals surface area contributed by atoms with Gasteiger partial charge in [-0.05, 0) is 24.6 Å². The molecule has 1 aliphatic rings. The standard InChI is InChI=1S/C13H17ClN2O4S/c1-20-12-3-2-10(14)6-9(12)7-15-13(17)16-11-4-5-21(18,19)8-11/h2-3,6,11H,4-5,7-8H2,1H3,(H2,15,16,17)/t11-/m0/s1. The van der Waals surface area contributed by atoms with E-state index < -0.39 is 15.9 Å². The number of sulfone groups is 1. The highest BCUT2D eigenvalue weighted by Crippen LogP contribution is 2.22. The minimum absolute atomic E-state index is 0.000899. The van der Waals surface area contributed by atoms with Crippen LogP contribution in [0.5, 0.6) is 5.75 Å². The summed E-state index contributed by atoms with van der Waals surface area (Å²) in [5.41, 5.74) is 0.749. The van der Waals surface area contributed by atoms with Crippen molar-refractivity contribution in [3.8, 4) is 5.75 Å². The van der Waals surface area contributed by atoms with Crippen molar-refractivity contribution in [3.63, 3.8) is 0 Å². The van der Waals surface area contributed by atoms with E-state index in [-0.39, 0.29) is 24.1 Å². The Labute approximate surface area is 128 Å². The molecular weight excluding hydrogens is 316 g/mol. The summed E-state index contributed by atoms with van der Waals surface area (Å²) in [5, 5.41) is 5.88. The molecule has 2 N–H and O–H groups in total. The molecule has 2 rings (SSSR count). The summed E-state index contributed by atoms with van der Waals surface area (Å²) < 4.78 is 27.8. The van der Waals surface area contributed by atoms with Crippen LogP contribution in [0.2, 0.25) is 5.02 Å². The van der Waals surface area contributed by atoms with Crippen molar-refractivity contribution in [1.29, 1.82) is 0 Å². The maximum atomic E-state index is 11.8. The second kappa shape index (κ2) is 6.53. The SMILES string of the molecule is COc1ccc(Cl)cc1CNC(=O)N[C@H]1CCS(=O)(=O)C1. The molecule has 0 unspecified atom stereocenters. The number of carbonyl (C=O) groups excluding carboxylic acids is 1. The lowest BCUT2D eigenvalue weighted by Crippen LogP contribution is -2.42. The van der Waals surface area contributed by atoms with E-state index in [1.165, 1.54) is 7.11 Å². The van der Waals surface area contributed by atoms with Gasteiger partial charge in [0.2, 0.25) is 0 Å². The first-order chi connectivity index (χ1) is 9.89. The zero-order valence-electron chi connectivity index (χ0n) is 11.6. The highest BCUT2D eigenvalue weighted by molar-refractivity contribution is 7.91. The molecule has 1 saturated heterocycles. The predicted molar refractivity (Wildman–Crippen MR) is 80.4 cm³/mol. The molecule has 1 aromatic rings. The second-order valence-corrected chi connectivity index (χ2v) is 7.55. The molecule has 0 aromatic heterocycles. The second-order valence-electron chi connectivity index (χ2n) is 4.88. The van der Waals surface area contributed by atoms with Crippen LogP contribution in [0, 0.1) is 0 Å². The van der Waals surface area contributed by atoms with Crippen LogP contribution in [0.15, 0.2) is 18.2 Å². The van der Waals surface area contributed by atoms with Crippen molar-refractivity contribution in [3.05, 3.63) is 28.8 Å². The number of rotatable bonds is 4. The van der Waals surface area contributed by atoms with E-state index in [9.17, 15) is 13.2 Å². The molecule has 1 heterocycles. The van der Waals surface area contributed by atoms with Gasteiger partial charge in [0.15, 0.2) is 9.84 Å². The van der Waals surface area contributed by atoms with E-state index in [0.29, 0.717) is 17.2 Å². The average Bonchev–Trinajstić information content (AvgIpc) is 2.75. The van der Waals surface area contributed by atoms with Gasteiger partial charge in [-0.1, -0.05) is 11.6 Å². The summed E-state index contributed by atoms with van der Waals surface area (Å²) in [4.78, 5) is 11.8. The molecule has 116 valence electrons. The number of hydrogen-bond acceptors (Lipinski definition) is 4. The number of halogens is 1. The molecule has 2 amide bonds. The summed E-state index contributed by atoms with van der Waals surface area (Å²) in [7, 11) is -1.47. The topological polar surface area (TPSA) is 84.5 Å². The van der Waals surface area contributed by atoms with Gasteiger partial charge < -0.3 is 15.4 Å². The number of urea groups is 1. The normalized spacial score (nSPS) is 20.0. The van der Waals surface area contributed by atoms with Crippen molar-refractivity contribution in [2.75, 3.05) is 18.6 Å². The number of amides is 2. The number of benzene rings is 1. The largest absolute Gasteiger partial charge is 0.496 e. The van der Waals surface area contributed by atoms with Gasteiger partial charge in [0.1, 0.15) is 5.75 Å². The molecule has 1 aliphatic heterocycles. The number of carbonyl (C=O) groups is 1. The maximum absolute atomic E-state index is 11.8. The smallest absolute Gasteiger partial charge is 0.315 e. The first-order valence-corrected chi connectivity index (χ1v) is 8.67. The third-order valence-electron chi connectivity index (χ3n) is 3.25. The molecule has 0 saturated carbocycles. The molecule has 21 heavy (non-hydrogen) atoms. The van der Waals surface area contributed by atoms with Crippen LogP contribution in [-0.4, -0.2) is 39.1 Å². The van der Waals surface area contributed by atoms with Crippen LogP contribution < -0.4 is 15.4 Å². The van der Waals surface area contributed by atoms with E-state index in [0.717, 1.165) is 5.56 Å². The van der Waals surface area contributed by atoms with Crippen molar-refractivity contribution in [1.82, 2.24) is 10.6 Å². The summed E-state index contributed by atoms with van der Waals surface area (Å²) in [6.07, 6.45) is 0.455. The molecule has 1 fully saturated rings. The monoisotopic (exact) mass is 332 g/mol. The van der Waals surface area contributed by atoms with Crippen molar-refractivity contribution < 1.29 is 17.9 Å². The first-order valence-electron chi connectivity index (χ1n) is 6.47. The van der Waals surface area contributed by atoms with Gasteiger partial charge in [-0.3, -0.25) is 0 Å². The molecule has 1 atom stereocenters. The zero-order chi connectivity index (χ0) is 15.5. The Morgan fingerprint density at radius 3 is 2.86 bits per heavy atom. The Morgan fingerprint density at radius 2 is 2.24 bits per heavy atom. The molecule has 0 spiro atoms. The van der Waals surface area contributed by atoms with E-state index in [1.54, 1.807) is 18.2 Å². The number of nitrogens with one attached hydrogen (secondary N) is 2. The quantitative estimate of drug-likeness (QED) is 0.871. The van der Waals surface area contributed by atoms with Gasteiger partial charge in [0, 0.05) is 23.2 Å². The van der Waals surface area contributed by atoms with Crippen LogP contribution in [0.3, 0.4) is 0 Å². The van der Waals surface area contributed by atoms with Crippen LogP contribution in [-0.2, 0) is 16.4 Å². The number of methoxy groups -OCH3 is 1. The lowest BCUT2D eigenvalue weighted by molar-refractivity contribution is 0.237. The predicted octanol–water partition coefficient (Wildman–Crippen LogP) is 1.33. The lowest BCUT2D eigenvalue weighted by atomic mass is 10.2. The van der Waals surface area contributed by atoms with Crippen molar-refractivity contribution in [2.45, 2.75) is 19.0 Å². The zero-order valence-corrected chi connectivity index (χ0v) is 13.1. The van der Waals surface area contributed by atoms with E-state index in [4.69, 9.17) is 16.3 Å². The summed E-state index contributed by atoms with van der Waals surface area (Å²) >= 11 is 5.91. The summed E-state index contributed by atoms with van der Waals surface area (Å²) in [6.45, 7) is 0.245. The van der Waals surface area contributed by atoms with Gasteiger partial charge in [-0.2, -0.15) is 0 Å². The van der Waals surface area contributed by atoms with E-state index in [2.05, 4.69) is 10.6 Å². The molecule has 1 aromatic carbocycles. The highest BCUT2D eigenvalue weighted by atomic mass is 35.5. The number of hydrogen-bond donors (Lipinski definition) is 2. The lowest BCUT2D eigenvalue weighted by Gasteiger charge is -2.13. The molecule has 6 nitrogen and oxygen atoms in total. The first kappa shape index (κ1) is 15.9. The highest BCUT2D eigenvalue weighted by Gasteiger charge is 2.28. The summed E-state index contributed by atoms with van der Waals surface area (Å²) in [5.74, 6) is 0.754. The van der Waals surface area contributed by atoms with Crippen LogP contribution in [0.1, 0.15) is 12.0 Å². The Hall–Kier alpha value is -1.47. The molecule has 0 bridgehead atoms. The Bertz CT molecular complexity index is 633. The van der Waals surface area contributed by atoms with Gasteiger partial charge in [0.05, 0.1) is 18.6 Å². The minimum Gasteiger partial charge on any atom is -0.496 e. The fraction of sp³-hybridized carbons (Fsp3) is 0.462.